The number of benzene rings is 1. The van der Waals surface area contributed by atoms with Crippen molar-refractivity contribution in [1.29, 1.82) is 0 Å². The van der Waals surface area contributed by atoms with Gasteiger partial charge in [-0.05, 0) is 18.2 Å². The van der Waals surface area contributed by atoms with Crippen LogP contribution in [0.5, 0.6) is 0 Å². The van der Waals surface area contributed by atoms with Crippen LogP contribution in [0.25, 0.3) is 0 Å². The molecule has 2 aromatic rings. The van der Waals surface area contributed by atoms with Crippen molar-refractivity contribution in [3.63, 3.8) is 0 Å². The molecule has 8 nitrogen and oxygen atoms in total. The molecule has 1 aromatic heterocycles. The van der Waals surface area contributed by atoms with Crippen LogP contribution in [0.1, 0.15) is 38.1 Å². The molecule has 0 fully saturated rings. The number of nitrogens with zero attached hydrogens (tertiary/aromatic N) is 3. The lowest BCUT2D eigenvalue weighted by Gasteiger charge is -2.29. The minimum atomic E-state index is -0.198. The lowest BCUT2D eigenvalue weighted by atomic mass is 10.1. The molecule has 0 unspecified atom stereocenters. The highest BCUT2D eigenvalue weighted by molar-refractivity contribution is 5.93. The molecular formula is C21H27N5O3. The summed E-state index contributed by atoms with van der Waals surface area (Å²) in [6.07, 6.45) is 0.232. The zero-order valence-electron chi connectivity index (χ0n) is 16.9. The molecule has 0 saturated heterocycles. The molecule has 2 heterocycles. The van der Waals surface area contributed by atoms with Crippen LogP contribution in [0.3, 0.4) is 0 Å². The Hall–Kier alpha value is -3.16. The Balaban J connectivity index is 1.43. The number of rotatable bonds is 7. The Morgan fingerprint density at radius 1 is 1.07 bits per heavy atom. The van der Waals surface area contributed by atoms with Gasteiger partial charge in [0.25, 0.3) is 0 Å². The molecule has 1 aliphatic heterocycles. The number of hydrogen-bond acceptors (Lipinski definition) is 4. The second-order valence-electron chi connectivity index (χ2n) is 7.46. The van der Waals surface area contributed by atoms with E-state index in [0.29, 0.717) is 31.9 Å². The first-order valence-electron chi connectivity index (χ1n) is 9.88. The second kappa shape index (κ2) is 9.36. The minimum absolute atomic E-state index is 0.0256. The summed E-state index contributed by atoms with van der Waals surface area (Å²) in [5.74, 6) is -0.280. The van der Waals surface area contributed by atoms with Gasteiger partial charge in [0, 0.05) is 31.0 Å². The highest BCUT2D eigenvalue weighted by atomic mass is 16.2. The van der Waals surface area contributed by atoms with Crippen molar-refractivity contribution in [2.45, 2.75) is 46.3 Å². The second-order valence-corrected chi connectivity index (χ2v) is 7.46. The van der Waals surface area contributed by atoms with Crippen molar-refractivity contribution in [3.05, 3.63) is 47.8 Å². The van der Waals surface area contributed by atoms with E-state index in [0.717, 1.165) is 11.4 Å². The van der Waals surface area contributed by atoms with Gasteiger partial charge < -0.3 is 15.5 Å². The molecule has 3 rings (SSSR count). The largest absolute Gasteiger partial charge is 0.350 e. The van der Waals surface area contributed by atoms with Gasteiger partial charge in [0.2, 0.25) is 17.7 Å². The third-order valence-corrected chi connectivity index (χ3v) is 4.76. The molecule has 0 bridgehead atoms. The molecule has 1 aliphatic rings. The summed E-state index contributed by atoms with van der Waals surface area (Å²) in [6, 6.07) is 11.1. The van der Waals surface area contributed by atoms with Gasteiger partial charge in [-0.25, -0.2) is 0 Å². The standard InChI is InChI=1S/C21H27N5O3/c1-15(2)21(29)25-10-11-26-18(14-25)12-17(24-26)13-22-19(27)8-9-20(28)23-16-6-4-3-5-7-16/h3-7,12,15H,8-11,13-14H2,1-2H3,(H,22,27)(H,23,28). The average molecular weight is 397 g/mol. The van der Waals surface area contributed by atoms with E-state index in [4.69, 9.17) is 0 Å². The molecule has 0 spiro atoms. The quantitative estimate of drug-likeness (QED) is 0.746. The van der Waals surface area contributed by atoms with Crippen LogP contribution in [0.15, 0.2) is 36.4 Å². The Kier molecular flexibility index (Phi) is 6.64. The number of hydrogen-bond donors (Lipinski definition) is 2. The first-order valence-corrected chi connectivity index (χ1v) is 9.88. The molecule has 1 aromatic carbocycles. The van der Waals surface area contributed by atoms with E-state index in [9.17, 15) is 14.4 Å². The van der Waals surface area contributed by atoms with Crippen LogP contribution in [0, 0.1) is 5.92 Å². The summed E-state index contributed by atoms with van der Waals surface area (Å²) in [6.45, 7) is 5.94. The first kappa shape index (κ1) is 20.6. The zero-order valence-corrected chi connectivity index (χ0v) is 16.9. The Labute approximate surface area is 170 Å². The number of carbonyl (C=O) groups is 3. The lowest BCUT2D eigenvalue weighted by molar-refractivity contribution is -0.136. The molecule has 0 saturated carbocycles. The van der Waals surface area contributed by atoms with Crippen molar-refractivity contribution in [2.75, 3.05) is 11.9 Å². The summed E-state index contributed by atoms with van der Waals surface area (Å²) >= 11 is 0. The van der Waals surface area contributed by atoms with E-state index in [2.05, 4.69) is 15.7 Å². The maximum atomic E-state index is 12.2. The van der Waals surface area contributed by atoms with Crippen LogP contribution in [-0.2, 0) is 34.0 Å². The fraction of sp³-hybridized carbons (Fsp3) is 0.429. The SMILES string of the molecule is CC(C)C(=O)N1CCn2nc(CNC(=O)CCC(=O)Nc3ccccc3)cc2C1. The summed E-state index contributed by atoms with van der Waals surface area (Å²) in [4.78, 5) is 38.0. The lowest BCUT2D eigenvalue weighted by Crippen LogP contribution is -2.40. The van der Waals surface area contributed by atoms with Gasteiger partial charge in [-0.15, -0.1) is 0 Å². The molecular weight excluding hydrogens is 370 g/mol. The first-order chi connectivity index (χ1) is 13.9. The van der Waals surface area contributed by atoms with E-state index in [1.807, 2.05) is 47.7 Å². The van der Waals surface area contributed by atoms with E-state index in [1.165, 1.54) is 0 Å². The third-order valence-electron chi connectivity index (χ3n) is 4.76. The highest BCUT2D eigenvalue weighted by Gasteiger charge is 2.23. The number of carbonyl (C=O) groups excluding carboxylic acids is 3. The Morgan fingerprint density at radius 2 is 1.79 bits per heavy atom. The highest BCUT2D eigenvalue weighted by Crippen LogP contribution is 2.16. The smallest absolute Gasteiger partial charge is 0.225 e. The fourth-order valence-corrected chi connectivity index (χ4v) is 3.22. The molecule has 154 valence electrons. The van der Waals surface area contributed by atoms with Gasteiger partial charge in [-0.1, -0.05) is 32.0 Å². The van der Waals surface area contributed by atoms with Crippen molar-refractivity contribution in [3.8, 4) is 0 Å². The van der Waals surface area contributed by atoms with Crippen LogP contribution in [0.4, 0.5) is 5.69 Å². The van der Waals surface area contributed by atoms with Gasteiger partial charge in [0.15, 0.2) is 0 Å². The van der Waals surface area contributed by atoms with E-state index < -0.39 is 0 Å². The zero-order chi connectivity index (χ0) is 20.8. The number of aromatic nitrogens is 2. The van der Waals surface area contributed by atoms with Crippen molar-refractivity contribution < 1.29 is 14.4 Å². The molecule has 3 amide bonds. The summed E-state index contributed by atoms with van der Waals surface area (Å²) in [7, 11) is 0. The minimum Gasteiger partial charge on any atom is -0.350 e. The Morgan fingerprint density at radius 3 is 2.52 bits per heavy atom. The van der Waals surface area contributed by atoms with Gasteiger partial charge in [-0.2, -0.15) is 5.10 Å². The predicted molar refractivity (Wildman–Crippen MR) is 109 cm³/mol. The normalized spacial score (nSPS) is 13.1. The van der Waals surface area contributed by atoms with Crippen LogP contribution >= 0.6 is 0 Å². The molecule has 29 heavy (non-hydrogen) atoms. The molecule has 0 aliphatic carbocycles. The van der Waals surface area contributed by atoms with E-state index in [-0.39, 0.29) is 36.5 Å². The molecule has 0 atom stereocenters. The molecule has 2 N–H and O–H groups in total. The number of fused-ring (bicyclic) bond motifs is 1. The number of para-hydroxylation sites is 1. The van der Waals surface area contributed by atoms with E-state index in [1.54, 1.807) is 12.1 Å². The molecule has 8 heteroatoms. The van der Waals surface area contributed by atoms with Crippen LogP contribution < -0.4 is 10.6 Å². The summed E-state index contributed by atoms with van der Waals surface area (Å²) < 4.78 is 1.89. The van der Waals surface area contributed by atoms with Gasteiger partial charge in [0.05, 0.1) is 31.0 Å². The topological polar surface area (TPSA) is 96.3 Å². The third kappa shape index (κ3) is 5.66. The van der Waals surface area contributed by atoms with Crippen molar-refractivity contribution >= 4 is 23.4 Å². The maximum absolute atomic E-state index is 12.2. The van der Waals surface area contributed by atoms with Gasteiger partial charge in [0.1, 0.15) is 0 Å². The maximum Gasteiger partial charge on any atom is 0.225 e. The van der Waals surface area contributed by atoms with E-state index >= 15 is 0 Å². The summed E-state index contributed by atoms with van der Waals surface area (Å²) in [5, 5.41) is 10.1. The number of anilines is 1. The van der Waals surface area contributed by atoms with Crippen molar-refractivity contribution in [1.82, 2.24) is 20.0 Å². The van der Waals surface area contributed by atoms with Crippen molar-refractivity contribution in [2.24, 2.45) is 5.92 Å². The fourth-order valence-electron chi connectivity index (χ4n) is 3.22. The molecule has 0 radical (unpaired) electrons. The average Bonchev–Trinajstić information content (AvgIpc) is 3.13. The van der Waals surface area contributed by atoms with Crippen LogP contribution in [0.2, 0.25) is 0 Å². The predicted octanol–water partition coefficient (Wildman–Crippen LogP) is 1.92. The Bertz CT molecular complexity index is 876. The van der Waals surface area contributed by atoms with Gasteiger partial charge >= 0.3 is 0 Å². The number of amides is 3. The van der Waals surface area contributed by atoms with Gasteiger partial charge in [-0.3, -0.25) is 19.1 Å². The summed E-state index contributed by atoms with van der Waals surface area (Å²) in [5.41, 5.74) is 2.43. The van der Waals surface area contributed by atoms with Crippen LogP contribution in [-0.4, -0.2) is 38.9 Å². The monoisotopic (exact) mass is 397 g/mol. The number of nitrogens with one attached hydrogen (secondary N) is 2.